The van der Waals surface area contributed by atoms with Gasteiger partial charge >= 0.3 is 12.1 Å². The van der Waals surface area contributed by atoms with Gasteiger partial charge in [-0.25, -0.2) is 14.6 Å². The van der Waals surface area contributed by atoms with E-state index in [1.54, 1.807) is 30.6 Å². The number of rotatable bonds is 11. The molecule has 43 heavy (non-hydrogen) atoms. The maximum atomic E-state index is 13.4. The van der Waals surface area contributed by atoms with Crippen LogP contribution in [-0.4, -0.2) is 79.3 Å². The van der Waals surface area contributed by atoms with Crippen molar-refractivity contribution in [2.45, 2.75) is 57.4 Å². The molecule has 4 rings (SSSR count). The Morgan fingerprint density at radius 1 is 1.26 bits per heavy atom. The van der Waals surface area contributed by atoms with E-state index in [1.165, 1.54) is 29.0 Å². The van der Waals surface area contributed by atoms with E-state index in [4.69, 9.17) is 19.9 Å². The Balaban J connectivity index is 1.53. The molecule has 0 radical (unpaired) electrons. The van der Waals surface area contributed by atoms with E-state index in [2.05, 4.69) is 20.4 Å². The van der Waals surface area contributed by atoms with Gasteiger partial charge in [0, 0.05) is 30.5 Å². The van der Waals surface area contributed by atoms with Crippen LogP contribution in [0.2, 0.25) is 0 Å². The number of nitrogens with one attached hydrogen (secondary N) is 1. The molecule has 228 valence electrons. The van der Waals surface area contributed by atoms with Gasteiger partial charge in [0.15, 0.2) is 10.8 Å². The molecule has 14 nitrogen and oxygen atoms in total. The third-order valence-electron chi connectivity index (χ3n) is 6.43. The quantitative estimate of drug-likeness (QED) is 0.0821. The van der Waals surface area contributed by atoms with E-state index in [0.717, 1.165) is 16.9 Å². The summed E-state index contributed by atoms with van der Waals surface area (Å²) in [6.45, 7) is 5.08. The average molecular weight is 631 g/mol. The van der Waals surface area contributed by atoms with Gasteiger partial charge in [-0.1, -0.05) is 37.2 Å². The lowest BCUT2D eigenvalue weighted by Gasteiger charge is -2.49. The minimum atomic E-state index is -1.32. The molecule has 0 spiro atoms. The first-order valence-electron chi connectivity index (χ1n) is 13.2. The summed E-state index contributed by atoms with van der Waals surface area (Å²) in [5.41, 5.74) is 6.41. The lowest BCUT2D eigenvalue weighted by Crippen LogP contribution is -2.71. The van der Waals surface area contributed by atoms with Gasteiger partial charge in [0.1, 0.15) is 28.9 Å². The van der Waals surface area contributed by atoms with Crippen molar-refractivity contribution in [2.24, 2.45) is 5.16 Å². The van der Waals surface area contributed by atoms with Crippen LogP contribution in [0.25, 0.3) is 6.08 Å². The van der Waals surface area contributed by atoms with E-state index < -0.39 is 47.4 Å². The molecular formula is C27H30N6O8S2. The van der Waals surface area contributed by atoms with E-state index in [9.17, 15) is 24.4 Å². The molecule has 0 bridgehead atoms. The summed E-state index contributed by atoms with van der Waals surface area (Å²) in [5.74, 6) is -2.08. The number of thioether (sulfide) groups is 1. The number of nitrogens with two attached hydrogens (primary N) is 1. The van der Waals surface area contributed by atoms with Crippen LogP contribution in [0, 0.1) is 0 Å². The van der Waals surface area contributed by atoms with E-state index in [-0.39, 0.29) is 28.4 Å². The number of anilines is 1. The van der Waals surface area contributed by atoms with Crippen molar-refractivity contribution in [1.29, 1.82) is 0 Å². The Bertz CT molecular complexity index is 1460. The third-order valence-corrected chi connectivity index (χ3v) is 8.40. The zero-order valence-electron chi connectivity index (χ0n) is 23.5. The molecule has 0 aromatic carbocycles. The minimum absolute atomic E-state index is 0.0473. The lowest BCUT2D eigenvalue weighted by molar-refractivity contribution is -0.169. The van der Waals surface area contributed by atoms with Gasteiger partial charge < -0.3 is 30.5 Å². The van der Waals surface area contributed by atoms with Crippen molar-refractivity contribution >= 4 is 64.0 Å². The first-order valence-corrected chi connectivity index (χ1v) is 15.2. The second-order valence-electron chi connectivity index (χ2n) is 9.27. The van der Waals surface area contributed by atoms with Crippen LogP contribution in [0.5, 0.6) is 0 Å². The molecular weight excluding hydrogens is 600 g/mol. The molecule has 4 heterocycles. The summed E-state index contributed by atoms with van der Waals surface area (Å²) in [6.07, 6.45) is 5.21. The van der Waals surface area contributed by atoms with Crippen molar-refractivity contribution in [3.63, 3.8) is 0 Å². The highest BCUT2D eigenvalue weighted by Crippen LogP contribution is 2.41. The molecule has 1 unspecified atom stereocenters. The number of thiazole rings is 1. The van der Waals surface area contributed by atoms with E-state index >= 15 is 0 Å². The van der Waals surface area contributed by atoms with Crippen molar-refractivity contribution in [3.05, 3.63) is 58.5 Å². The van der Waals surface area contributed by atoms with Crippen LogP contribution in [0.3, 0.4) is 0 Å². The third kappa shape index (κ3) is 7.32. The number of pyridine rings is 1. The fraction of sp³-hybridized carbons (Fsp3) is 0.370. The molecule has 4 N–H and O–H groups in total. The Kier molecular flexibility index (Phi) is 10.4. The maximum Gasteiger partial charge on any atom is 0.511 e. The number of esters is 1. The summed E-state index contributed by atoms with van der Waals surface area (Å²) < 4.78 is 15.7. The van der Waals surface area contributed by atoms with E-state index in [0.29, 0.717) is 18.4 Å². The smallest absolute Gasteiger partial charge is 0.431 e. The summed E-state index contributed by atoms with van der Waals surface area (Å²) in [5, 5.41) is 15.9. The van der Waals surface area contributed by atoms with Gasteiger partial charge in [0.05, 0.1) is 0 Å². The number of amides is 2. The Hall–Kier alpha value is -4.44. The molecule has 0 saturated carbocycles. The first kappa shape index (κ1) is 31.5. The zero-order chi connectivity index (χ0) is 31.1. The summed E-state index contributed by atoms with van der Waals surface area (Å²) in [6, 6.07) is 2.53. The van der Waals surface area contributed by atoms with Gasteiger partial charge in [-0.15, -0.1) is 23.1 Å². The number of β-lactam (4-membered cyclic amide) rings is 1. The van der Waals surface area contributed by atoms with Crippen LogP contribution in [0.4, 0.5) is 9.93 Å². The van der Waals surface area contributed by atoms with Crippen molar-refractivity contribution in [3.8, 4) is 0 Å². The second kappa shape index (κ2) is 14.2. The molecule has 1 saturated heterocycles. The zero-order valence-corrected chi connectivity index (χ0v) is 25.1. The number of ether oxygens (including phenoxy) is 3. The molecule has 2 aliphatic rings. The monoisotopic (exact) mass is 630 g/mol. The van der Waals surface area contributed by atoms with Gasteiger partial charge in [0.2, 0.25) is 6.29 Å². The Morgan fingerprint density at radius 3 is 2.65 bits per heavy atom. The minimum Gasteiger partial charge on any atom is -0.431 e. The first-order chi connectivity index (χ1) is 20.7. The number of aromatic nitrogens is 2. The standard InChI is InChI=1S/C27H30N6O8S2/c1-4-17(5-2)41-27(37)40-14(3)39-25(36)21-16(9-8-15-7-6-10-29-11-15)12-42-24-20(23(35)33(21)24)31-22(34)19(32-38)18-13-43-26(28)30-18/h6-11,13-14,17,20,24,38H,4-5,12H2,1-3H3,(H2,28,30)(H,31,34)/b9-8-,32-19?/t14?,20-,24-/m1/s1. The van der Waals surface area contributed by atoms with Gasteiger partial charge in [-0.3, -0.25) is 19.5 Å². The largest absolute Gasteiger partial charge is 0.511 e. The number of hydrogen-bond acceptors (Lipinski definition) is 14. The highest BCUT2D eigenvalue weighted by molar-refractivity contribution is 8.00. The second-order valence-corrected chi connectivity index (χ2v) is 11.3. The number of carbonyl (C=O) groups excluding carboxylic acids is 4. The number of fused-ring (bicyclic) bond motifs is 1. The fourth-order valence-corrected chi connectivity index (χ4v) is 6.10. The van der Waals surface area contributed by atoms with Gasteiger partial charge in [-0.2, -0.15) is 0 Å². The predicted molar refractivity (Wildman–Crippen MR) is 158 cm³/mol. The summed E-state index contributed by atoms with van der Waals surface area (Å²) in [4.78, 5) is 61.0. The summed E-state index contributed by atoms with van der Waals surface area (Å²) in [7, 11) is 0. The predicted octanol–water partition coefficient (Wildman–Crippen LogP) is 2.90. The molecule has 1 fully saturated rings. The van der Waals surface area contributed by atoms with Crippen LogP contribution >= 0.6 is 23.1 Å². The Morgan fingerprint density at radius 2 is 2.02 bits per heavy atom. The fourth-order valence-electron chi connectivity index (χ4n) is 4.24. The SMILES string of the molecule is CCC(CC)OC(=O)OC(C)OC(=O)C1=C(/C=C\c2cccnc2)CS[C@@H]2[C@H](NC(=O)C(=NO)c3csc(N)n3)C(=O)N12. The number of carbonyl (C=O) groups is 4. The molecule has 2 aromatic rings. The van der Waals surface area contributed by atoms with Gasteiger partial charge in [-0.05, 0) is 30.0 Å². The van der Waals surface area contributed by atoms with Crippen LogP contribution in [0.1, 0.15) is 44.9 Å². The number of nitrogen functional groups attached to an aromatic ring is 1. The number of hydrogen-bond donors (Lipinski definition) is 3. The van der Waals surface area contributed by atoms with Gasteiger partial charge in [0.25, 0.3) is 11.8 Å². The van der Waals surface area contributed by atoms with Crippen molar-refractivity contribution < 1.29 is 38.6 Å². The van der Waals surface area contributed by atoms with Crippen molar-refractivity contribution in [1.82, 2.24) is 20.2 Å². The summed E-state index contributed by atoms with van der Waals surface area (Å²) >= 11 is 2.36. The number of nitrogens with zero attached hydrogens (tertiary/aromatic N) is 4. The van der Waals surface area contributed by atoms with Crippen LogP contribution < -0.4 is 11.1 Å². The lowest BCUT2D eigenvalue weighted by atomic mass is 10.0. The van der Waals surface area contributed by atoms with Crippen LogP contribution in [0.15, 0.2) is 52.4 Å². The maximum absolute atomic E-state index is 13.4. The normalized spacial score (nSPS) is 19.1. The number of oxime groups is 1. The number of allylic oxidation sites excluding steroid dienone is 1. The Labute approximate surface area is 255 Å². The topological polar surface area (TPSA) is 196 Å². The van der Waals surface area contributed by atoms with Crippen LogP contribution in [-0.2, 0) is 28.6 Å². The van der Waals surface area contributed by atoms with Crippen molar-refractivity contribution in [2.75, 3.05) is 11.5 Å². The molecule has 2 amide bonds. The molecule has 0 aliphatic carbocycles. The molecule has 16 heteroatoms. The molecule has 2 aliphatic heterocycles. The highest BCUT2D eigenvalue weighted by atomic mass is 32.2. The molecule has 2 aromatic heterocycles. The van der Waals surface area contributed by atoms with E-state index in [1.807, 2.05) is 19.9 Å². The molecule has 3 atom stereocenters. The average Bonchev–Trinajstić information content (AvgIpc) is 3.43. The highest BCUT2D eigenvalue weighted by Gasteiger charge is 2.54.